The number of hydrogen-bond donors (Lipinski definition) is 1. The Bertz CT molecular complexity index is 503. The Morgan fingerprint density at radius 2 is 2.20 bits per heavy atom. The van der Waals surface area contributed by atoms with Crippen molar-refractivity contribution in [1.29, 1.82) is 5.26 Å². The van der Waals surface area contributed by atoms with E-state index in [-0.39, 0.29) is 25.2 Å². The number of methoxy groups -OCH3 is 1. The van der Waals surface area contributed by atoms with Crippen LogP contribution in [0.5, 0.6) is 0 Å². The Labute approximate surface area is 115 Å². The Balaban J connectivity index is 2.71. The molecule has 7 heteroatoms. The summed E-state index contributed by atoms with van der Waals surface area (Å²) in [4.78, 5) is 13.3. The Hall–Kier alpha value is -2.20. The van der Waals surface area contributed by atoms with Crippen LogP contribution in [0.3, 0.4) is 0 Å². The second-order valence-electron chi connectivity index (χ2n) is 3.94. The molecule has 20 heavy (non-hydrogen) atoms. The summed E-state index contributed by atoms with van der Waals surface area (Å²) in [7, 11) is 1.49. The molecule has 0 aromatic heterocycles. The zero-order valence-electron chi connectivity index (χ0n) is 11.0. The van der Waals surface area contributed by atoms with Crippen LogP contribution in [0.25, 0.3) is 0 Å². The molecule has 0 aliphatic heterocycles. The number of nitriles is 1. The first kappa shape index (κ1) is 15.9. The summed E-state index contributed by atoms with van der Waals surface area (Å²) in [6.45, 7) is 0.770. The molecule has 0 aliphatic carbocycles. The highest BCUT2D eigenvalue weighted by Crippen LogP contribution is 2.15. The highest BCUT2D eigenvalue weighted by atomic mass is 19.1. The first-order valence-electron chi connectivity index (χ1n) is 5.95. The molecule has 0 unspecified atom stereocenters. The molecular formula is C13H15F2N3O2. The van der Waals surface area contributed by atoms with E-state index in [0.29, 0.717) is 12.7 Å². The monoisotopic (exact) mass is 283 g/mol. The predicted octanol–water partition coefficient (Wildman–Crippen LogP) is 2.36. The van der Waals surface area contributed by atoms with Gasteiger partial charge in [0.15, 0.2) is 0 Å². The summed E-state index contributed by atoms with van der Waals surface area (Å²) >= 11 is 0. The zero-order chi connectivity index (χ0) is 15.0. The van der Waals surface area contributed by atoms with Crippen LogP contribution in [0.1, 0.15) is 6.42 Å². The van der Waals surface area contributed by atoms with E-state index in [4.69, 9.17) is 10.00 Å². The number of benzene rings is 1. The largest absolute Gasteiger partial charge is 0.383 e. The molecule has 0 radical (unpaired) electrons. The van der Waals surface area contributed by atoms with Crippen molar-refractivity contribution in [2.24, 2.45) is 0 Å². The van der Waals surface area contributed by atoms with Gasteiger partial charge in [0.1, 0.15) is 11.6 Å². The molecule has 0 atom stereocenters. The van der Waals surface area contributed by atoms with Crippen molar-refractivity contribution in [1.82, 2.24) is 4.90 Å². The SMILES string of the molecule is COCCN(CCC#N)C(=O)Nc1ccc(F)cc1F. The number of anilines is 1. The number of urea groups is 1. The van der Waals surface area contributed by atoms with Gasteiger partial charge in [-0.25, -0.2) is 13.6 Å². The van der Waals surface area contributed by atoms with Gasteiger partial charge in [0.2, 0.25) is 0 Å². The molecule has 0 saturated heterocycles. The molecule has 0 aliphatic rings. The van der Waals surface area contributed by atoms with Crippen molar-refractivity contribution in [3.05, 3.63) is 29.8 Å². The maximum Gasteiger partial charge on any atom is 0.322 e. The van der Waals surface area contributed by atoms with Crippen LogP contribution in [0.15, 0.2) is 18.2 Å². The van der Waals surface area contributed by atoms with Gasteiger partial charge >= 0.3 is 6.03 Å². The van der Waals surface area contributed by atoms with Crippen molar-refractivity contribution >= 4 is 11.7 Å². The fourth-order valence-corrected chi connectivity index (χ4v) is 1.49. The molecule has 1 aromatic carbocycles. The summed E-state index contributed by atoms with van der Waals surface area (Å²) in [6.07, 6.45) is 0.156. The van der Waals surface area contributed by atoms with Crippen molar-refractivity contribution < 1.29 is 18.3 Å². The maximum atomic E-state index is 13.4. The fraction of sp³-hybridized carbons (Fsp3) is 0.385. The molecule has 1 rings (SSSR count). The van der Waals surface area contributed by atoms with E-state index < -0.39 is 17.7 Å². The number of nitrogens with one attached hydrogen (secondary N) is 1. The Morgan fingerprint density at radius 1 is 1.45 bits per heavy atom. The van der Waals surface area contributed by atoms with Crippen molar-refractivity contribution in [2.75, 3.05) is 32.1 Å². The summed E-state index contributed by atoms with van der Waals surface area (Å²) in [5.74, 6) is -1.58. The van der Waals surface area contributed by atoms with Gasteiger partial charge in [0.25, 0.3) is 0 Å². The molecule has 2 amide bonds. The normalized spacial score (nSPS) is 9.90. The number of ether oxygens (including phenoxy) is 1. The molecule has 0 spiro atoms. The van der Waals surface area contributed by atoms with Crippen LogP contribution >= 0.6 is 0 Å². The van der Waals surface area contributed by atoms with E-state index in [2.05, 4.69) is 5.32 Å². The van der Waals surface area contributed by atoms with Gasteiger partial charge in [-0.1, -0.05) is 0 Å². The second kappa shape index (κ2) is 8.07. The second-order valence-corrected chi connectivity index (χ2v) is 3.94. The van der Waals surface area contributed by atoms with Crippen molar-refractivity contribution in [2.45, 2.75) is 6.42 Å². The highest BCUT2D eigenvalue weighted by molar-refractivity contribution is 5.89. The quantitative estimate of drug-likeness (QED) is 0.871. The number of halogens is 2. The van der Waals surface area contributed by atoms with Gasteiger partial charge in [0.05, 0.1) is 24.8 Å². The smallest absolute Gasteiger partial charge is 0.322 e. The minimum Gasteiger partial charge on any atom is -0.383 e. The molecule has 0 bridgehead atoms. The van der Waals surface area contributed by atoms with Crippen molar-refractivity contribution in [3.63, 3.8) is 0 Å². The summed E-state index contributed by atoms with van der Waals surface area (Å²) in [5, 5.41) is 10.9. The van der Waals surface area contributed by atoms with Crippen LogP contribution in [-0.2, 0) is 4.74 Å². The van der Waals surface area contributed by atoms with Crippen LogP contribution in [-0.4, -0.2) is 37.7 Å². The lowest BCUT2D eigenvalue weighted by molar-refractivity contribution is 0.156. The number of carbonyl (C=O) groups is 1. The van der Waals surface area contributed by atoms with E-state index in [9.17, 15) is 13.6 Å². The van der Waals surface area contributed by atoms with Crippen LogP contribution in [0.4, 0.5) is 19.3 Å². The molecule has 5 nitrogen and oxygen atoms in total. The Kier molecular flexibility index (Phi) is 6.40. The molecule has 0 saturated carbocycles. The third kappa shape index (κ3) is 4.82. The zero-order valence-corrected chi connectivity index (χ0v) is 11.0. The molecule has 0 fully saturated rings. The topological polar surface area (TPSA) is 65.4 Å². The van der Waals surface area contributed by atoms with E-state index in [0.717, 1.165) is 12.1 Å². The number of hydrogen-bond acceptors (Lipinski definition) is 3. The van der Waals surface area contributed by atoms with E-state index >= 15 is 0 Å². The molecule has 1 N–H and O–H groups in total. The third-order valence-electron chi connectivity index (χ3n) is 2.52. The van der Waals surface area contributed by atoms with Gasteiger partial charge in [0, 0.05) is 26.3 Å². The van der Waals surface area contributed by atoms with E-state index in [1.54, 1.807) is 0 Å². The lowest BCUT2D eigenvalue weighted by Gasteiger charge is -2.21. The highest BCUT2D eigenvalue weighted by Gasteiger charge is 2.15. The number of carbonyl (C=O) groups excluding carboxylic acids is 1. The maximum absolute atomic E-state index is 13.4. The first-order chi connectivity index (χ1) is 9.58. The van der Waals surface area contributed by atoms with Gasteiger partial charge in [-0.2, -0.15) is 5.26 Å². The number of rotatable bonds is 6. The average molecular weight is 283 g/mol. The van der Waals surface area contributed by atoms with Gasteiger partial charge < -0.3 is 15.0 Å². The fourth-order valence-electron chi connectivity index (χ4n) is 1.49. The van der Waals surface area contributed by atoms with Crippen LogP contribution in [0.2, 0.25) is 0 Å². The third-order valence-corrected chi connectivity index (χ3v) is 2.52. The lowest BCUT2D eigenvalue weighted by atomic mass is 10.3. The summed E-state index contributed by atoms with van der Waals surface area (Å²) in [6, 6.07) is 4.23. The first-order valence-corrected chi connectivity index (χ1v) is 5.95. The van der Waals surface area contributed by atoms with Crippen LogP contribution < -0.4 is 5.32 Å². The van der Waals surface area contributed by atoms with Crippen molar-refractivity contribution in [3.8, 4) is 6.07 Å². The predicted molar refractivity (Wildman–Crippen MR) is 69.1 cm³/mol. The molecular weight excluding hydrogens is 268 g/mol. The summed E-state index contributed by atoms with van der Waals surface area (Å²) < 4.78 is 31.1. The minimum atomic E-state index is -0.856. The lowest BCUT2D eigenvalue weighted by Crippen LogP contribution is -2.38. The molecule has 0 heterocycles. The Morgan fingerprint density at radius 3 is 2.80 bits per heavy atom. The standard InChI is InChI=1S/C13H15F2N3O2/c1-20-8-7-18(6-2-5-16)13(19)17-12-4-3-10(14)9-11(12)15/h3-4,9H,2,6-8H2,1H3,(H,17,19). The van der Waals surface area contributed by atoms with Gasteiger partial charge in [-0.05, 0) is 12.1 Å². The van der Waals surface area contributed by atoms with Gasteiger partial charge in [-0.15, -0.1) is 0 Å². The molecule has 108 valence electrons. The van der Waals surface area contributed by atoms with E-state index in [1.807, 2.05) is 6.07 Å². The molecule has 1 aromatic rings. The number of amides is 2. The average Bonchev–Trinajstić information content (AvgIpc) is 2.42. The minimum absolute atomic E-state index is 0.115. The van der Waals surface area contributed by atoms with Crippen LogP contribution in [0, 0.1) is 23.0 Å². The summed E-state index contributed by atoms with van der Waals surface area (Å²) in [5.41, 5.74) is -0.115. The number of nitrogens with zero attached hydrogens (tertiary/aromatic N) is 2. The van der Waals surface area contributed by atoms with E-state index in [1.165, 1.54) is 12.0 Å². The van der Waals surface area contributed by atoms with Gasteiger partial charge in [-0.3, -0.25) is 0 Å².